The summed E-state index contributed by atoms with van der Waals surface area (Å²) in [5.41, 5.74) is 1.12. The zero-order chi connectivity index (χ0) is 12.4. The third-order valence-electron chi connectivity index (χ3n) is 2.20. The Balaban J connectivity index is 2.49. The van der Waals surface area contributed by atoms with E-state index in [1.165, 1.54) is 14.2 Å². The van der Waals surface area contributed by atoms with Gasteiger partial charge in [0.1, 0.15) is 11.0 Å². The first kappa shape index (κ1) is 11.2. The molecule has 17 heavy (non-hydrogen) atoms. The van der Waals surface area contributed by atoms with Gasteiger partial charge < -0.3 is 14.6 Å². The molecule has 2 aromatic rings. The number of carbonyl (C=O) groups is 1. The molecule has 0 atom stereocenters. The maximum atomic E-state index is 10.5. The van der Waals surface area contributed by atoms with Crippen LogP contribution in [0.25, 0.3) is 11.0 Å². The van der Waals surface area contributed by atoms with Gasteiger partial charge in [-0.15, -0.1) is 0 Å². The van der Waals surface area contributed by atoms with Crippen LogP contribution in [0.4, 0.5) is 0 Å². The van der Waals surface area contributed by atoms with Crippen LogP contribution in [0.15, 0.2) is 12.1 Å². The zero-order valence-electron chi connectivity index (χ0n) is 9.38. The molecule has 0 aliphatic carbocycles. The minimum atomic E-state index is -0.996. The average Bonchev–Trinajstić information content (AvgIpc) is 2.66. The van der Waals surface area contributed by atoms with Crippen LogP contribution in [-0.2, 0) is 11.3 Å². The van der Waals surface area contributed by atoms with Crippen molar-refractivity contribution in [3.63, 3.8) is 0 Å². The van der Waals surface area contributed by atoms with Gasteiger partial charge in [0, 0.05) is 12.1 Å². The Bertz CT molecular complexity index is 523. The van der Waals surface area contributed by atoms with E-state index in [9.17, 15) is 4.79 Å². The first-order valence-corrected chi connectivity index (χ1v) is 4.82. The molecule has 0 saturated carbocycles. The molecule has 7 heteroatoms. The van der Waals surface area contributed by atoms with E-state index in [0.29, 0.717) is 22.5 Å². The summed E-state index contributed by atoms with van der Waals surface area (Å²) in [4.78, 5) is 11.7. The van der Waals surface area contributed by atoms with Crippen LogP contribution >= 0.6 is 0 Å². The lowest BCUT2D eigenvalue weighted by Crippen LogP contribution is -2.11. The molecule has 0 fully saturated rings. The summed E-state index contributed by atoms with van der Waals surface area (Å²) in [7, 11) is 3.04. The van der Waals surface area contributed by atoms with Crippen LogP contribution in [0.3, 0.4) is 0 Å². The maximum absolute atomic E-state index is 10.5. The molecular weight excluding hydrogens is 226 g/mol. The highest BCUT2D eigenvalue weighted by molar-refractivity contribution is 5.78. The van der Waals surface area contributed by atoms with Crippen LogP contribution in [0.2, 0.25) is 0 Å². The first-order chi connectivity index (χ1) is 8.13. The highest BCUT2D eigenvalue weighted by Gasteiger charge is 2.11. The molecule has 0 radical (unpaired) electrons. The van der Waals surface area contributed by atoms with Crippen LogP contribution in [-0.4, -0.2) is 40.3 Å². The molecule has 90 valence electrons. The van der Waals surface area contributed by atoms with E-state index < -0.39 is 5.97 Å². The highest BCUT2D eigenvalue weighted by atomic mass is 16.5. The number of methoxy groups -OCH3 is 2. The molecular formula is C10H11N3O4. The monoisotopic (exact) mass is 237 g/mol. The second-order valence-corrected chi connectivity index (χ2v) is 3.32. The highest BCUT2D eigenvalue weighted by Crippen LogP contribution is 2.30. The fraction of sp³-hybridized carbons (Fsp3) is 0.300. The van der Waals surface area contributed by atoms with Crippen molar-refractivity contribution in [3.8, 4) is 11.5 Å². The fourth-order valence-electron chi connectivity index (χ4n) is 1.48. The molecule has 1 aromatic carbocycles. The van der Waals surface area contributed by atoms with Crippen LogP contribution < -0.4 is 9.47 Å². The number of ether oxygens (including phenoxy) is 2. The molecule has 0 amide bonds. The molecule has 0 aliphatic rings. The third-order valence-corrected chi connectivity index (χ3v) is 2.20. The number of aliphatic carboxylic acids is 1. The molecule has 0 aliphatic heterocycles. The normalized spacial score (nSPS) is 10.5. The number of benzene rings is 1. The summed E-state index contributed by atoms with van der Waals surface area (Å²) < 4.78 is 10.2. The third kappa shape index (κ3) is 2.12. The van der Waals surface area contributed by atoms with Gasteiger partial charge in [-0.2, -0.15) is 15.0 Å². The summed E-state index contributed by atoms with van der Waals surface area (Å²) in [5, 5.41) is 16.7. The Morgan fingerprint density at radius 3 is 2.06 bits per heavy atom. The number of rotatable bonds is 4. The van der Waals surface area contributed by atoms with Crippen molar-refractivity contribution >= 4 is 17.0 Å². The van der Waals surface area contributed by atoms with E-state index >= 15 is 0 Å². The molecule has 0 bridgehead atoms. The van der Waals surface area contributed by atoms with Crippen molar-refractivity contribution in [1.82, 2.24) is 15.0 Å². The van der Waals surface area contributed by atoms with E-state index in [1.54, 1.807) is 12.1 Å². The van der Waals surface area contributed by atoms with Crippen LogP contribution in [0, 0.1) is 0 Å². The summed E-state index contributed by atoms with van der Waals surface area (Å²) in [6, 6.07) is 3.30. The number of hydrogen-bond acceptors (Lipinski definition) is 5. The smallest absolute Gasteiger partial charge is 0.327 e. The summed E-state index contributed by atoms with van der Waals surface area (Å²) in [6.07, 6.45) is 0. The molecule has 7 nitrogen and oxygen atoms in total. The van der Waals surface area contributed by atoms with Crippen molar-refractivity contribution in [2.45, 2.75) is 6.54 Å². The second kappa shape index (κ2) is 4.28. The van der Waals surface area contributed by atoms with Gasteiger partial charge in [-0.25, -0.2) is 0 Å². The van der Waals surface area contributed by atoms with Crippen LogP contribution in [0.5, 0.6) is 11.5 Å². The lowest BCUT2D eigenvalue weighted by atomic mass is 10.3. The second-order valence-electron chi connectivity index (χ2n) is 3.32. The number of hydrogen-bond donors (Lipinski definition) is 1. The van der Waals surface area contributed by atoms with Gasteiger partial charge in [-0.05, 0) is 0 Å². The van der Waals surface area contributed by atoms with Crippen molar-refractivity contribution in [2.24, 2.45) is 0 Å². The predicted octanol–water partition coefficient (Wildman–Crippen LogP) is 0.533. The molecule has 1 aromatic heterocycles. The summed E-state index contributed by atoms with van der Waals surface area (Å²) in [5.74, 6) is 0.0639. The Hall–Kier alpha value is -2.31. The average molecular weight is 237 g/mol. The molecule has 0 spiro atoms. The lowest BCUT2D eigenvalue weighted by molar-refractivity contribution is -0.138. The Morgan fingerprint density at radius 1 is 1.24 bits per heavy atom. The van der Waals surface area contributed by atoms with Gasteiger partial charge in [-0.3, -0.25) is 4.79 Å². The van der Waals surface area contributed by atoms with Gasteiger partial charge in [0.2, 0.25) is 0 Å². The number of carboxylic acid groups (broad SMARTS) is 1. The minimum Gasteiger partial charge on any atom is -0.493 e. The van der Waals surface area contributed by atoms with Gasteiger partial charge in [-0.1, -0.05) is 0 Å². The fourth-order valence-corrected chi connectivity index (χ4v) is 1.48. The molecule has 0 unspecified atom stereocenters. The Kier molecular flexibility index (Phi) is 2.82. The van der Waals surface area contributed by atoms with E-state index in [1.807, 2.05) is 0 Å². The molecule has 0 saturated heterocycles. The molecule has 1 heterocycles. The number of carboxylic acids is 1. The van der Waals surface area contributed by atoms with E-state index in [2.05, 4.69) is 10.2 Å². The van der Waals surface area contributed by atoms with Crippen molar-refractivity contribution in [3.05, 3.63) is 12.1 Å². The molecule has 2 rings (SSSR count). The van der Waals surface area contributed by atoms with Crippen molar-refractivity contribution < 1.29 is 19.4 Å². The van der Waals surface area contributed by atoms with Crippen molar-refractivity contribution in [1.29, 1.82) is 0 Å². The zero-order valence-corrected chi connectivity index (χ0v) is 9.38. The van der Waals surface area contributed by atoms with Gasteiger partial charge in [0.15, 0.2) is 18.0 Å². The quantitative estimate of drug-likeness (QED) is 0.834. The van der Waals surface area contributed by atoms with Gasteiger partial charge in [0.05, 0.1) is 14.2 Å². The first-order valence-electron chi connectivity index (χ1n) is 4.82. The SMILES string of the molecule is COc1cc2nn(CC(=O)O)nc2cc1OC. The van der Waals surface area contributed by atoms with Gasteiger partial charge >= 0.3 is 5.97 Å². The topological polar surface area (TPSA) is 86.5 Å². The minimum absolute atomic E-state index is 0.278. The Morgan fingerprint density at radius 2 is 1.71 bits per heavy atom. The number of aromatic nitrogens is 3. The summed E-state index contributed by atoms with van der Waals surface area (Å²) >= 11 is 0. The Labute approximate surface area is 96.6 Å². The van der Waals surface area contributed by atoms with Gasteiger partial charge in [0.25, 0.3) is 0 Å². The van der Waals surface area contributed by atoms with Crippen LogP contribution in [0.1, 0.15) is 0 Å². The molecule has 1 N–H and O–H groups in total. The lowest BCUT2D eigenvalue weighted by Gasteiger charge is -2.05. The maximum Gasteiger partial charge on any atom is 0.327 e. The largest absolute Gasteiger partial charge is 0.493 e. The number of fused-ring (bicyclic) bond motifs is 1. The summed E-state index contributed by atoms with van der Waals surface area (Å²) in [6.45, 7) is -0.278. The number of nitrogens with zero attached hydrogens (tertiary/aromatic N) is 3. The predicted molar refractivity (Wildman–Crippen MR) is 58.3 cm³/mol. The van der Waals surface area contributed by atoms with E-state index in [-0.39, 0.29) is 6.54 Å². The van der Waals surface area contributed by atoms with E-state index in [0.717, 1.165) is 4.80 Å². The van der Waals surface area contributed by atoms with E-state index in [4.69, 9.17) is 14.6 Å². The standard InChI is InChI=1S/C10H11N3O4/c1-16-8-3-6-7(4-9(8)17-2)12-13(11-6)5-10(14)15/h3-4H,5H2,1-2H3,(H,14,15). The van der Waals surface area contributed by atoms with Crippen molar-refractivity contribution in [2.75, 3.05) is 14.2 Å².